The molecule has 5 rings (SSSR count). The number of imidazole rings is 1. The van der Waals surface area contributed by atoms with Gasteiger partial charge < -0.3 is 15.5 Å². The summed E-state index contributed by atoms with van der Waals surface area (Å²) in [7, 11) is 0. The molecule has 0 radical (unpaired) electrons. The van der Waals surface area contributed by atoms with Gasteiger partial charge in [-0.2, -0.15) is 18.3 Å². The summed E-state index contributed by atoms with van der Waals surface area (Å²) in [5, 5.41) is 11.6. The fraction of sp³-hybridized carbons (Fsp3) is 0.238. The Kier molecular flexibility index (Phi) is 5.40. The lowest BCUT2D eigenvalue weighted by Gasteiger charge is -2.27. The minimum absolute atomic E-state index is 0.0404. The van der Waals surface area contributed by atoms with Gasteiger partial charge in [0.05, 0.1) is 23.0 Å². The summed E-state index contributed by atoms with van der Waals surface area (Å²) in [5.74, 6) is -0.881. The summed E-state index contributed by atoms with van der Waals surface area (Å²) >= 11 is 0. The van der Waals surface area contributed by atoms with Crippen molar-refractivity contribution in [3.63, 3.8) is 0 Å². The predicted octanol–water partition coefficient (Wildman–Crippen LogP) is 3.07. The van der Waals surface area contributed by atoms with E-state index in [2.05, 4.69) is 30.8 Å². The van der Waals surface area contributed by atoms with E-state index in [0.29, 0.717) is 31.9 Å². The number of H-pyrrole nitrogens is 1. The van der Waals surface area contributed by atoms with Gasteiger partial charge in [-0.15, -0.1) is 0 Å². The molecule has 0 atom stereocenters. The lowest BCUT2D eigenvalue weighted by atomic mass is 10.1. The van der Waals surface area contributed by atoms with Gasteiger partial charge in [-0.3, -0.25) is 14.3 Å². The second-order valence-electron chi connectivity index (χ2n) is 7.62. The van der Waals surface area contributed by atoms with Crippen LogP contribution in [-0.4, -0.2) is 61.6 Å². The van der Waals surface area contributed by atoms with E-state index in [-0.39, 0.29) is 34.2 Å². The van der Waals surface area contributed by atoms with Crippen molar-refractivity contribution >= 4 is 23.1 Å². The number of nitrogens with zero attached hydrogens (tertiary/aromatic N) is 5. The quantitative estimate of drug-likeness (QED) is 0.393. The molecular weight excluding hydrogens is 456 g/mol. The summed E-state index contributed by atoms with van der Waals surface area (Å²) < 4.78 is 56.0. The van der Waals surface area contributed by atoms with Gasteiger partial charge >= 0.3 is 6.18 Å². The van der Waals surface area contributed by atoms with E-state index >= 15 is 0 Å². The van der Waals surface area contributed by atoms with Crippen molar-refractivity contribution < 1.29 is 22.4 Å². The van der Waals surface area contributed by atoms with Crippen LogP contribution in [0, 0.1) is 5.82 Å². The number of amides is 1. The SMILES string of the molecule is O=C(c1ccc(Nc2nccn3c(-c4c[nH]nc4C(F)(F)F)cnc23)cc1F)N1CCNCC1. The number of carbonyl (C=O) groups excluding carboxylic acids is 1. The van der Waals surface area contributed by atoms with Crippen LogP contribution in [0.15, 0.2) is 43.0 Å². The highest BCUT2D eigenvalue weighted by molar-refractivity contribution is 5.95. The molecule has 0 unspecified atom stereocenters. The van der Waals surface area contributed by atoms with Crippen LogP contribution < -0.4 is 10.6 Å². The van der Waals surface area contributed by atoms with E-state index in [1.54, 1.807) is 4.90 Å². The molecule has 0 spiro atoms. The molecule has 1 aromatic carbocycles. The number of aromatic amines is 1. The van der Waals surface area contributed by atoms with E-state index in [4.69, 9.17) is 0 Å². The van der Waals surface area contributed by atoms with E-state index in [0.717, 1.165) is 6.20 Å². The Morgan fingerprint density at radius 1 is 1.15 bits per heavy atom. The van der Waals surface area contributed by atoms with E-state index in [9.17, 15) is 22.4 Å². The zero-order chi connectivity index (χ0) is 23.9. The molecule has 0 aliphatic carbocycles. The first kappa shape index (κ1) is 21.8. The maximum atomic E-state index is 14.8. The Hall–Kier alpha value is -4.00. The number of carbonyl (C=O) groups is 1. The minimum Gasteiger partial charge on any atom is -0.337 e. The first-order chi connectivity index (χ1) is 16.3. The summed E-state index contributed by atoms with van der Waals surface area (Å²) in [6, 6.07) is 4.09. The smallest absolute Gasteiger partial charge is 0.337 e. The first-order valence-corrected chi connectivity index (χ1v) is 10.3. The van der Waals surface area contributed by atoms with E-state index < -0.39 is 17.7 Å². The lowest BCUT2D eigenvalue weighted by Crippen LogP contribution is -2.46. The normalized spacial score (nSPS) is 14.5. The van der Waals surface area contributed by atoms with Crippen LogP contribution in [0.5, 0.6) is 0 Å². The van der Waals surface area contributed by atoms with Gasteiger partial charge in [-0.25, -0.2) is 14.4 Å². The number of halogens is 4. The number of alkyl halides is 3. The molecule has 3 aromatic heterocycles. The minimum atomic E-state index is -4.64. The third-order valence-electron chi connectivity index (χ3n) is 5.48. The third-order valence-corrected chi connectivity index (χ3v) is 5.48. The van der Waals surface area contributed by atoms with Crippen LogP contribution in [0.4, 0.5) is 29.1 Å². The molecule has 0 saturated carbocycles. The van der Waals surface area contributed by atoms with E-state index in [1.165, 1.54) is 41.2 Å². The van der Waals surface area contributed by atoms with Crippen LogP contribution in [0.3, 0.4) is 0 Å². The second kappa shape index (κ2) is 8.41. The lowest BCUT2D eigenvalue weighted by molar-refractivity contribution is -0.140. The van der Waals surface area contributed by atoms with Crippen molar-refractivity contribution in [1.82, 2.24) is 34.8 Å². The summed E-state index contributed by atoms with van der Waals surface area (Å²) in [6.45, 7) is 2.30. The number of aromatic nitrogens is 5. The number of anilines is 2. The maximum absolute atomic E-state index is 14.8. The third kappa shape index (κ3) is 3.94. The molecule has 1 saturated heterocycles. The van der Waals surface area contributed by atoms with Gasteiger partial charge in [0.2, 0.25) is 0 Å². The van der Waals surface area contributed by atoms with Crippen molar-refractivity contribution in [2.24, 2.45) is 0 Å². The van der Waals surface area contributed by atoms with Gasteiger partial charge in [-0.05, 0) is 18.2 Å². The van der Waals surface area contributed by atoms with Gasteiger partial charge in [0.25, 0.3) is 5.91 Å². The standard InChI is InChI=1S/C21H18F4N8O/c22-15-9-12(1-2-13(15)20(34)32-6-3-26-4-7-32)30-18-19-28-11-16(33(19)8-5-27-18)14-10-29-31-17(14)21(23,24)25/h1-2,5,8-11,26H,3-4,6-7H2,(H,27,30)(H,29,31). The monoisotopic (exact) mass is 474 g/mol. The van der Waals surface area contributed by atoms with Gasteiger partial charge in [0.15, 0.2) is 17.2 Å². The Bertz CT molecular complexity index is 1360. The van der Waals surface area contributed by atoms with Crippen molar-refractivity contribution in [3.05, 3.63) is 60.1 Å². The summed E-state index contributed by atoms with van der Waals surface area (Å²) in [6.07, 6.45) is 0.620. The molecule has 4 heterocycles. The number of nitrogens with one attached hydrogen (secondary N) is 3. The molecule has 13 heteroatoms. The van der Waals surface area contributed by atoms with Crippen molar-refractivity contribution in [2.45, 2.75) is 6.18 Å². The molecular formula is C21H18F4N8O. The number of piperazine rings is 1. The Morgan fingerprint density at radius 2 is 1.94 bits per heavy atom. The van der Waals surface area contributed by atoms with E-state index in [1.807, 2.05) is 0 Å². The Balaban J connectivity index is 1.43. The van der Waals surface area contributed by atoms with Gasteiger partial charge in [-0.1, -0.05) is 0 Å². The predicted molar refractivity (Wildman–Crippen MR) is 114 cm³/mol. The summed E-state index contributed by atoms with van der Waals surface area (Å²) in [4.78, 5) is 22.6. The number of benzene rings is 1. The van der Waals surface area contributed by atoms with Crippen LogP contribution in [-0.2, 0) is 6.18 Å². The molecule has 1 aliphatic heterocycles. The highest BCUT2D eigenvalue weighted by Crippen LogP contribution is 2.36. The van der Waals surface area contributed by atoms with Crippen LogP contribution in [0.1, 0.15) is 16.1 Å². The highest BCUT2D eigenvalue weighted by Gasteiger charge is 2.37. The van der Waals surface area contributed by atoms with Gasteiger partial charge in [0.1, 0.15) is 5.82 Å². The molecule has 1 aliphatic rings. The molecule has 9 nitrogen and oxygen atoms in total. The highest BCUT2D eigenvalue weighted by atomic mass is 19.4. The molecule has 34 heavy (non-hydrogen) atoms. The molecule has 3 N–H and O–H groups in total. The fourth-order valence-corrected chi connectivity index (χ4v) is 3.85. The van der Waals surface area contributed by atoms with Crippen molar-refractivity contribution in [2.75, 3.05) is 31.5 Å². The second-order valence-corrected chi connectivity index (χ2v) is 7.62. The fourth-order valence-electron chi connectivity index (χ4n) is 3.85. The average Bonchev–Trinajstić information content (AvgIpc) is 3.47. The molecule has 0 bridgehead atoms. The molecule has 1 fully saturated rings. The molecule has 1 amide bonds. The van der Waals surface area contributed by atoms with Crippen LogP contribution >= 0.6 is 0 Å². The Labute approximate surface area is 189 Å². The number of hydrogen-bond donors (Lipinski definition) is 3. The average molecular weight is 474 g/mol. The molecule has 4 aromatic rings. The van der Waals surface area contributed by atoms with Crippen molar-refractivity contribution in [1.29, 1.82) is 0 Å². The van der Waals surface area contributed by atoms with Crippen LogP contribution in [0.2, 0.25) is 0 Å². The van der Waals surface area contributed by atoms with Crippen LogP contribution in [0.25, 0.3) is 16.9 Å². The topological polar surface area (TPSA) is 103 Å². The van der Waals surface area contributed by atoms with Crippen molar-refractivity contribution in [3.8, 4) is 11.3 Å². The largest absolute Gasteiger partial charge is 0.435 e. The van der Waals surface area contributed by atoms with Gasteiger partial charge in [0, 0.05) is 50.5 Å². The Morgan fingerprint density at radius 3 is 2.68 bits per heavy atom. The molecule has 176 valence electrons. The number of fused-ring (bicyclic) bond motifs is 1. The number of rotatable bonds is 4. The zero-order valence-electron chi connectivity index (χ0n) is 17.5. The zero-order valence-corrected chi connectivity index (χ0v) is 17.5. The maximum Gasteiger partial charge on any atom is 0.435 e. The summed E-state index contributed by atoms with van der Waals surface area (Å²) in [5.41, 5.74) is -0.579. The first-order valence-electron chi connectivity index (χ1n) is 10.3. The number of hydrogen-bond acceptors (Lipinski definition) is 6.